The fraction of sp³-hybridized carbons (Fsp3) is 0.929. The average molecular weight is 579 g/mol. The summed E-state index contributed by atoms with van der Waals surface area (Å²) in [5.41, 5.74) is 0. The van der Waals surface area contributed by atoms with Crippen molar-refractivity contribution in [3.05, 3.63) is 0 Å². The first kappa shape index (κ1) is 35.0. The second-order valence-corrected chi connectivity index (χ2v) is 6.83. The molecule has 1 fully saturated rings. The van der Waals surface area contributed by atoms with Gasteiger partial charge in [-0.3, -0.25) is 0 Å². The van der Waals surface area contributed by atoms with Crippen molar-refractivity contribution >= 4 is 57.4 Å². The summed E-state index contributed by atoms with van der Waals surface area (Å²) in [4.78, 5) is 11.5. The monoisotopic (exact) mass is 579 g/mol. The molecule has 0 aromatic carbocycles. The van der Waals surface area contributed by atoms with Gasteiger partial charge >= 0.3 is 41.8 Å². The molecule has 203 valence electrons. The molecule has 0 aliphatic carbocycles. The summed E-state index contributed by atoms with van der Waals surface area (Å²) in [6.45, 7) is -2.14. The van der Waals surface area contributed by atoms with Crippen molar-refractivity contribution < 1.29 is 91.8 Å². The van der Waals surface area contributed by atoms with Gasteiger partial charge in [0.15, 0.2) is 12.4 Å². The van der Waals surface area contributed by atoms with Gasteiger partial charge in [-0.1, -0.05) is 0 Å². The van der Waals surface area contributed by atoms with Crippen LogP contribution in [0, 0.1) is 0 Å². The molecular formula is C14H13F13KO7. The van der Waals surface area contributed by atoms with E-state index in [1.807, 2.05) is 0 Å². The summed E-state index contributed by atoms with van der Waals surface area (Å²) in [6, 6.07) is 0. The van der Waals surface area contributed by atoms with Crippen LogP contribution in [0.3, 0.4) is 0 Å². The van der Waals surface area contributed by atoms with E-state index in [1.54, 1.807) is 0 Å². The molecule has 35 heavy (non-hydrogen) atoms. The van der Waals surface area contributed by atoms with Crippen LogP contribution < -0.4 is 0 Å². The number of carbonyl (C=O) groups excluding carboxylic acids is 1. The van der Waals surface area contributed by atoms with Gasteiger partial charge in [0.25, 0.3) is 0 Å². The Morgan fingerprint density at radius 1 is 0.771 bits per heavy atom. The summed E-state index contributed by atoms with van der Waals surface area (Å²) in [7, 11) is 0. The predicted octanol–water partition coefficient (Wildman–Crippen LogP) is 1.08. The van der Waals surface area contributed by atoms with Crippen LogP contribution in [0.1, 0.15) is 6.42 Å². The number of esters is 1. The minimum Gasteiger partial charge on any atom is -0.463 e. The molecule has 1 radical (unpaired) electrons. The topological polar surface area (TPSA) is 116 Å². The van der Waals surface area contributed by atoms with E-state index in [2.05, 4.69) is 9.47 Å². The van der Waals surface area contributed by atoms with Crippen molar-refractivity contribution in [3.63, 3.8) is 0 Å². The summed E-state index contributed by atoms with van der Waals surface area (Å²) in [5.74, 6) is -40.2. The van der Waals surface area contributed by atoms with Crippen LogP contribution in [0.5, 0.6) is 0 Å². The summed E-state index contributed by atoms with van der Waals surface area (Å²) in [6.07, 6.45) is -21.8. The van der Waals surface area contributed by atoms with E-state index in [-0.39, 0.29) is 51.4 Å². The number of ether oxygens (including phenoxy) is 2. The van der Waals surface area contributed by atoms with Crippen molar-refractivity contribution in [1.29, 1.82) is 0 Å². The molecule has 0 spiro atoms. The zero-order valence-electron chi connectivity index (χ0n) is 16.7. The van der Waals surface area contributed by atoms with Gasteiger partial charge in [0.05, 0.1) is 13.0 Å². The van der Waals surface area contributed by atoms with E-state index < -0.39 is 85.5 Å². The number of aliphatic hydroxyl groups excluding tert-OH is 4. The van der Waals surface area contributed by atoms with Crippen molar-refractivity contribution in [2.75, 3.05) is 6.61 Å². The largest absolute Gasteiger partial charge is 0.463 e. The van der Waals surface area contributed by atoms with E-state index >= 15 is 0 Å². The van der Waals surface area contributed by atoms with E-state index in [4.69, 9.17) is 10.2 Å². The first-order valence-corrected chi connectivity index (χ1v) is 8.38. The Kier molecular flexibility index (Phi) is 11.0. The van der Waals surface area contributed by atoms with Crippen molar-refractivity contribution in [2.45, 2.75) is 72.9 Å². The number of hydrogen-bond donors (Lipinski definition) is 4. The average Bonchev–Trinajstić information content (AvgIpc) is 2.92. The molecule has 0 aromatic heterocycles. The van der Waals surface area contributed by atoms with Crippen LogP contribution in [0.2, 0.25) is 0 Å². The Bertz CT molecular complexity index is 749. The van der Waals surface area contributed by atoms with Gasteiger partial charge in [-0.15, -0.1) is 0 Å². The molecule has 0 unspecified atom stereocenters. The zero-order chi connectivity index (χ0) is 27.3. The normalized spacial score (nSPS) is 25.7. The molecule has 1 aliphatic heterocycles. The van der Waals surface area contributed by atoms with E-state index in [0.717, 1.165) is 0 Å². The number of aliphatic hydroxyl groups is 4. The molecule has 7 nitrogen and oxygen atoms in total. The SMILES string of the molecule is O=C(OCCC(F)(F)C(F)(F)C(F)(F)C(F)(F)C(F)(F)C(F)(F)F)[C@@H](O)[C@H]1O[C@@H](O)[C@H](O)[C@H]1O.[K]. The van der Waals surface area contributed by atoms with Crippen LogP contribution in [-0.4, -0.2) is 151 Å². The van der Waals surface area contributed by atoms with Gasteiger partial charge in [0, 0.05) is 51.4 Å². The smallest absolute Gasteiger partial charge is 0.460 e. The molecule has 0 amide bonds. The third kappa shape index (κ3) is 6.03. The Morgan fingerprint density at radius 3 is 1.57 bits per heavy atom. The minimum absolute atomic E-state index is 0. The second kappa shape index (κ2) is 11.0. The molecule has 1 rings (SSSR count). The number of carbonyl (C=O) groups is 1. The standard InChI is InChI=1S/C14H13F13O7.K/c15-9(16,1-2-33-7(31)5(30)6-3(28)4(29)8(32)34-6)10(17,18)11(19,20)12(21,22)13(23,24)14(25,26)27;/h3-6,8,28-30,32H,1-2H2;/t3-,4-,5+,6+,8-;/m1./s1. The van der Waals surface area contributed by atoms with Gasteiger partial charge < -0.3 is 29.9 Å². The third-order valence-corrected chi connectivity index (χ3v) is 4.49. The summed E-state index contributed by atoms with van der Waals surface area (Å²) < 4.78 is 176. The number of rotatable bonds is 9. The predicted molar refractivity (Wildman–Crippen MR) is 81.0 cm³/mol. The van der Waals surface area contributed by atoms with E-state index in [0.29, 0.717) is 0 Å². The molecule has 0 saturated carbocycles. The fourth-order valence-electron chi connectivity index (χ4n) is 2.40. The van der Waals surface area contributed by atoms with E-state index in [1.165, 1.54) is 0 Å². The van der Waals surface area contributed by atoms with Gasteiger partial charge in [-0.2, -0.15) is 57.1 Å². The molecule has 0 aromatic rings. The van der Waals surface area contributed by atoms with Crippen LogP contribution in [0.15, 0.2) is 0 Å². The minimum atomic E-state index is -8.07. The first-order valence-electron chi connectivity index (χ1n) is 8.38. The quantitative estimate of drug-likeness (QED) is 0.184. The van der Waals surface area contributed by atoms with Crippen LogP contribution in [0.4, 0.5) is 57.1 Å². The maximum atomic E-state index is 13.6. The van der Waals surface area contributed by atoms with Crippen LogP contribution in [0.25, 0.3) is 0 Å². The second-order valence-electron chi connectivity index (χ2n) is 6.83. The number of alkyl halides is 13. The Morgan fingerprint density at radius 2 is 1.20 bits per heavy atom. The van der Waals surface area contributed by atoms with Crippen LogP contribution in [-0.2, 0) is 14.3 Å². The van der Waals surface area contributed by atoms with Gasteiger partial charge in [-0.25, -0.2) is 4.79 Å². The van der Waals surface area contributed by atoms with E-state index in [9.17, 15) is 72.1 Å². The van der Waals surface area contributed by atoms with Gasteiger partial charge in [-0.05, 0) is 0 Å². The Labute approximate surface area is 227 Å². The molecule has 0 bridgehead atoms. The van der Waals surface area contributed by atoms with Crippen molar-refractivity contribution in [2.24, 2.45) is 0 Å². The Balaban J connectivity index is 0.0000116. The van der Waals surface area contributed by atoms with Crippen molar-refractivity contribution in [3.8, 4) is 0 Å². The molecule has 1 aliphatic rings. The number of halogens is 13. The maximum absolute atomic E-state index is 13.6. The molecule has 21 heteroatoms. The molecule has 1 heterocycles. The van der Waals surface area contributed by atoms with Crippen LogP contribution >= 0.6 is 0 Å². The van der Waals surface area contributed by atoms with Crippen molar-refractivity contribution in [1.82, 2.24) is 0 Å². The van der Waals surface area contributed by atoms with Gasteiger partial charge in [0.2, 0.25) is 0 Å². The Hall–Kier alpha value is -0.00364. The molecule has 4 N–H and O–H groups in total. The molecule has 5 atom stereocenters. The molecular weight excluding hydrogens is 566 g/mol. The summed E-state index contributed by atoms with van der Waals surface area (Å²) >= 11 is 0. The summed E-state index contributed by atoms with van der Waals surface area (Å²) in [5, 5.41) is 37.1. The third-order valence-electron chi connectivity index (χ3n) is 4.49. The fourth-order valence-corrected chi connectivity index (χ4v) is 2.40. The number of hydrogen-bond acceptors (Lipinski definition) is 7. The first-order chi connectivity index (χ1) is 14.9. The molecule has 1 saturated heterocycles. The zero-order valence-corrected chi connectivity index (χ0v) is 19.9. The van der Waals surface area contributed by atoms with Gasteiger partial charge in [0.1, 0.15) is 18.3 Å². The maximum Gasteiger partial charge on any atom is 0.460 e.